The maximum Gasteiger partial charge on any atom is 0.243 e. The summed E-state index contributed by atoms with van der Waals surface area (Å²) in [6, 6.07) is 13.7. The number of hydrogen-bond acceptors (Lipinski definition) is 5. The zero-order valence-electron chi connectivity index (χ0n) is 19.4. The summed E-state index contributed by atoms with van der Waals surface area (Å²) in [5, 5.41) is 12.4. The van der Waals surface area contributed by atoms with Crippen LogP contribution in [0.5, 0.6) is 0 Å². The topological polar surface area (TPSA) is 108 Å². The molecule has 1 amide bonds. The van der Waals surface area contributed by atoms with Crippen LogP contribution in [-0.4, -0.2) is 47.8 Å². The number of aromatic nitrogens is 2. The van der Waals surface area contributed by atoms with Crippen LogP contribution < -0.4 is 5.32 Å². The standard InChI is InChI=1S/C25H25Cl2N5O3S/c26-21-10-22(27)12-24(11-21)36(34,35)32-9-1-2-20(16-32)25(33)30-8-7-23-14-29-17-31(23)15-19-5-3-18(13-28)4-6-19/h3-6,10-12,14,17,20H,1-2,7-9,15-16H2,(H,30,33)/t20-/m0/s1. The van der Waals surface area contributed by atoms with E-state index in [4.69, 9.17) is 28.5 Å². The van der Waals surface area contributed by atoms with Gasteiger partial charge in [0, 0.05) is 54.5 Å². The lowest BCUT2D eigenvalue weighted by Crippen LogP contribution is -2.45. The van der Waals surface area contributed by atoms with E-state index in [1.807, 2.05) is 16.7 Å². The molecule has 0 bridgehead atoms. The summed E-state index contributed by atoms with van der Waals surface area (Å²) < 4.78 is 29.5. The molecule has 36 heavy (non-hydrogen) atoms. The van der Waals surface area contributed by atoms with Crippen molar-refractivity contribution in [3.05, 3.63) is 81.9 Å². The number of benzene rings is 2. The summed E-state index contributed by atoms with van der Waals surface area (Å²) in [6.45, 7) is 1.46. The van der Waals surface area contributed by atoms with Crippen LogP contribution in [0, 0.1) is 17.2 Å². The van der Waals surface area contributed by atoms with Crippen LogP contribution in [0.3, 0.4) is 0 Å². The number of amides is 1. The van der Waals surface area contributed by atoms with Gasteiger partial charge in [-0.25, -0.2) is 13.4 Å². The molecule has 0 aliphatic carbocycles. The lowest BCUT2D eigenvalue weighted by molar-refractivity contribution is -0.126. The molecule has 1 atom stereocenters. The van der Waals surface area contributed by atoms with Crippen molar-refractivity contribution in [2.24, 2.45) is 5.92 Å². The van der Waals surface area contributed by atoms with E-state index >= 15 is 0 Å². The van der Waals surface area contributed by atoms with Gasteiger partial charge in [-0.2, -0.15) is 9.57 Å². The highest BCUT2D eigenvalue weighted by Gasteiger charge is 2.33. The first kappa shape index (κ1) is 26.2. The van der Waals surface area contributed by atoms with Crippen molar-refractivity contribution >= 4 is 39.1 Å². The molecule has 2 aromatic carbocycles. The minimum atomic E-state index is -3.81. The number of hydrogen-bond donors (Lipinski definition) is 1. The van der Waals surface area contributed by atoms with Crippen molar-refractivity contribution in [1.82, 2.24) is 19.2 Å². The van der Waals surface area contributed by atoms with Crippen LogP contribution in [-0.2, 0) is 27.8 Å². The molecule has 1 fully saturated rings. The van der Waals surface area contributed by atoms with Gasteiger partial charge >= 0.3 is 0 Å². The molecule has 0 saturated carbocycles. The Kier molecular flexibility index (Phi) is 8.32. The van der Waals surface area contributed by atoms with Crippen molar-refractivity contribution in [1.29, 1.82) is 5.26 Å². The summed E-state index contributed by atoms with van der Waals surface area (Å²) >= 11 is 12.0. The van der Waals surface area contributed by atoms with E-state index in [2.05, 4.69) is 16.4 Å². The molecule has 0 radical (unpaired) electrons. The molecule has 1 N–H and O–H groups in total. The maximum absolute atomic E-state index is 13.1. The molecule has 0 spiro atoms. The van der Waals surface area contributed by atoms with Crippen LogP contribution in [0.4, 0.5) is 0 Å². The second kappa shape index (κ2) is 11.4. The molecule has 8 nitrogen and oxygen atoms in total. The Bertz CT molecular complexity index is 1360. The number of sulfonamides is 1. The zero-order valence-corrected chi connectivity index (χ0v) is 21.7. The van der Waals surface area contributed by atoms with Crippen LogP contribution >= 0.6 is 23.2 Å². The fourth-order valence-electron chi connectivity index (χ4n) is 4.24. The summed E-state index contributed by atoms with van der Waals surface area (Å²) in [4.78, 5) is 17.1. The highest BCUT2D eigenvalue weighted by Crippen LogP contribution is 2.28. The Morgan fingerprint density at radius 2 is 1.89 bits per heavy atom. The van der Waals surface area contributed by atoms with Crippen LogP contribution in [0.25, 0.3) is 0 Å². The third-order valence-electron chi connectivity index (χ3n) is 6.14. The van der Waals surface area contributed by atoms with Crippen molar-refractivity contribution in [3.63, 3.8) is 0 Å². The Morgan fingerprint density at radius 3 is 2.58 bits per heavy atom. The van der Waals surface area contributed by atoms with Crippen molar-refractivity contribution in [2.45, 2.75) is 30.7 Å². The SMILES string of the molecule is N#Cc1ccc(Cn2cncc2CCNC(=O)[C@H]2CCCN(S(=O)(=O)c3cc(Cl)cc(Cl)c3)C2)cc1. The molecular formula is C25H25Cl2N5O3S. The van der Waals surface area contributed by atoms with Gasteiger partial charge in [-0.1, -0.05) is 35.3 Å². The highest BCUT2D eigenvalue weighted by molar-refractivity contribution is 7.89. The fourth-order valence-corrected chi connectivity index (χ4v) is 6.49. The molecule has 3 aromatic rings. The Balaban J connectivity index is 1.33. The molecule has 1 saturated heterocycles. The van der Waals surface area contributed by atoms with Gasteiger partial charge in [0.2, 0.25) is 15.9 Å². The largest absolute Gasteiger partial charge is 0.355 e. The van der Waals surface area contributed by atoms with Crippen LogP contribution in [0.15, 0.2) is 59.9 Å². The Morgan fingerprint density at radius 1 is 1.17 bits per heavy atom. The van der Waals surface area contributed by atoms with Crippen molar-refractivity contribution in [2.75, 3.05) is 19.6 Å². The minimum Gasteiger partial charge on any atom is -0.355 e. The predicted octanol–water partition coefficient (Wildman–Crippen LogP) is 3.87. The number of rotatable bonds is 8. The summed E-state index contributed by atoms with van der Waals surface area (Å²) in [7, 11) is -3.81. The number of nitrogens with zero attached hydrogens (tertiary/aromatic N) is 4. The number of piperidine rings is 1. The predicted molar refractivity (Wildman–Crippen MR) is 137 cm³/mol. The van der Waals surface area contributed by atoms with Gasteiger partial charge in [-0.05, 0) is 48.7 Å². The van der Waals surface area contributed by atoms with Gasteiger partial charge in [0.25, 0.3) is 0 Å². The van der Waals surface area contributed by atoms with Gasteiger partial charge in [-0.15, -0.1) is 0 Å². The summed E-state index contributed by atoms with van der Waals surface area (Å²) in [5.74, 6) is -0.607. The number of nitriles is 1. The molecule has 4 rings (SSSR count). The van der Waals surface area contributed by atoms with Crippen molar-refractivity contribution in [3.8, 4) is 6.07 Å². The number of carbonyl (C=O) groups is 1. The van der Waals surface area contributed by atoms with Crippen molar-refractivity contribution < 1.29 is 13.2 Å². The molecule has 0 unspecified atom stereocenters. The van der Waals surface area contributed by atoms with Gasteiger partial charge in [0.15, 0.2) is 0 Å². The van der Waals surface area contributed by atoms with E-state index in [0.717, 1.165) is 11.3 Å². The summed E-state index contributed by atoms with van der Waals surface area (Å²) in [6.07, 6.45) is 5.29. The quantitative estimate of drug-likeness (QED) is 0.462. The molecule has 1 aliphatic heterocycles. The lowest BCUT2D eigenvalue weighted by atomic mass is 9.99. The van der Waals surface area contributed by atoms with E-state index in [0.29, 0.717) is 44.5 Å². The first-order chi connectivity index (χ1) is 17.3. The smallest absolute Gasteiger partial charge is 0.243 e. The van der Waals surface area contributed by atoms with Gasteiger partial charge in [-0.3, -0.25) is 4.79 Å². The normalized spacial score (nSPS) is 16.4. The molecule has 1 aliphatic rings. The first-order valence-electron chi connectivity index (χ1n) is 11.5. The fraction of sp³-hybridized carbons (Fsp3) is 0.320. The first-order valence-corrected chi connectivity index (χ1v) is 13.7. The third kappa shape index (κ3) is 6.26. The van der Waals surface area contributed by atoms with Crippen LogP contribution in [0.1, 0.15) is 29.7 Å². The van der Waals surface area contributed by atoms with E-state index in [9.17, 15) is 13.2 Å². The number of carbonyl (C=O) groups excluding carboxylic acids is 1. The monoisotopic (exact) mass is 545 g/mol. The Hall–Kier alpha value is -2.90. The minimum absolute atomic E-state index is 0.0246. The van der Waals surface area contributed by atoms with Gasteiger partial charge in [0.1, 0.15) is 0 Å². The van der Waals surface area contributed by atoms with E-state index in [1.165, 1.54) is 22.5 Å². The molecule has 2 heterocycles. The van der Waals surface area contributed by atoms with E-state index < -0.39 is 15.9 Å². The average Bonchev–Trinajstić information content (AvgIpc) is 3.30. The molecule has 188 valence electrons. The molecule has 1 aromatic heterocycles. The molecular weight excluding hydrogens is 521 g/mol. The number of imidazole rings is 1. The number of nitrogens with one attached hydrogen (secondary N) is 1. The highest BCUT2D eigenvalue weighted by atomic mass is 35.5. The van der Waals surface area contributed by atoms with Crippen LogP contribution in [0.2, 0.25) is 10.0 Å². The summed E-state index contributed by atoms with van der Waals surface area (Å²) in [5.41, 5.74) is 2.62. The lowest BCUT2D eigenvalue weighted by Gasteiger charge is -2.31. The van der Waals surface area contributed by atoms with Gasteiger partial charge in [0.05, 0.1) is 28.8 Å². The third-order valence-corrected chi connectivity index (χ3v) is 8.42. The number of halogens is 2. The second-order valence-electron chi connectivity index (χ2n) is 8.67. The van der Waals surface area contributed by atoms with E-state index in [1.54, 1.807) is 24.7 Å². The zero-order chi connectivity index (χ0) is 25.7. The average molecular weight is 546 g/mol. The second-order valence-corrected chi connectivity index (χ2v) is 11.5. The Labute approximate surface area is 220 Å². The van der Waals surface area contributed by atoms with Gasteiger partial charge < -0.3 is 9.88 Å². The maximum atomic E-state index is 13.1. The molecule has 11 heteroatoms. The van der Waals surface area contributed by atoms with E-state index in [-0.39, 0.29) is 27.4 Å².